The van der Waals surface area contributed by atoms with Crippen LogP contribution >= 0.6 is 0 Å². The smallest absolute Gasteiger partial charge is 0.255 e. The van der Waals surface area contributed by atoms with E-state index in [-0.39, 0.29) is 5.91 Å². The quantitative estimate of drug-likeness (QED) is 0.805. The Labute approximate surface area is 118 Å². The number of hydrogen-bond donors (Lipinski definition) is 2. The number of anilines is 2. The van der Waals surface area contributed by atoms with Crippen molar-refractivity contribution in [2.45, 2.75) is 6.54 Å². The molecule has 2 rings (SSSR count). The summed E-state index contributed by atoms with van der Waals surface area (Å²) in [5.74, 6) is -0.0462. The highest BCUT2D eigenvalue weighted by Gasteiger charge is 2.13. The molecule has 3 N–H and O–H groups in total. The Balaban J connectivity index is 2.09. The highest BCUT2D eigenvalue weighted by Crippen LogP contribution is 2.20. The standard InChI is InChI=1S/C14H19N5O/c1-18(2)14(20)12-4-3-11(15)9-13(12)17-6-8-19-7-5-16-10-19/h3-5,7,9-10,17H,6,8,15H2,1-2H3. The molecular formula is C14H19N5O. The van der Waals surface area contributed by atoms with Crippen LogP contribution in [0.25, 0.3) is 0 Å². The molecule has 106 valence electrons. The molecule has 0 aliphatic heterocycles. The fourth-order valence-electron chi connectivity index (χ4n) is 1.87. The van der Waals surface area contributed by atoms with Gasteiger partial charge in [0.25, 0.3) is 5.91 Å². The number of amides is 1. The van der Waals surface area contributed by atoms with Gasteiger partial charge >= 0.3 is 0 Å². The molecule has 1 aromatic heterocycles. The lowest BCUT2D eigenvalue weighted by Gasteiger charge is -2.16. The van der Waals surface area contributed by atoms with Gasteiger partial charge in [-0.05, 0) is 18.2 Å². The van der Waals surface area contributed by atoms with Crippen molar-refractivity contribution < 1.29 is 4.79 Å². The van der Waals surface area contributed by atoms with Gasteiger partial charge in [0, 0.05) is 51.0 Å². The second-order valence-electron chi connectivity index (χ2n) is 4.73. The van der Waals surface area contributed by atoms with Crippen LogP contribution in [0.1, 0.15) is 10.4 Å². The fourth-order valence-corrected chi connectivity index (χ4v) is 1.87. The second-order valence-corrected chi connectivity index (χ2v) is 4.73. The Kier molecular flexibility index (Phi) is 4.24. The highest BCUT2D eigenvalue weighted by molar-refractivity contribution is 5.99. The molecule has 1 amide bonds. The summed E-state index contributed by atoms with van der Waals surface area (Å²) in [7, 11) is 3.46. The van der Waals surface area contributed by atoms with E-state index in [1.807, 2.05) is 10.8 Å². The third kappa shape index (κ3) is 3.28. The topological polar surface area (TPSA) is 76.2 Å². The van der Waals surface area contributed by atoms with Gasteiger partial charge in [0.2, 0.25) is 0 Å². The van der Waals surface area contributed by atoms with Gasteiger partial charge in [0.15, 0.2) is 0 Å². The molecule has 1 heterocycles. The SMILES string of the molecule is CN(C)C(=O)c1ccc(N)cc1NCCn1ccnc1. The van der Waals surface area contributed by atoms with E-state index in [4.69, 9.17) is 5.73 Å². The summed E-state index contributed by atoms with van der Waals surface area (Å²) in [6.45, 7) is 1.46. The minimum Gasteiger partial charge on any atom is -0.399 e. The van der Waals surface area contributed by atoms with Crippen LogP contribution < -0.4 is 11.1 Å². The molecule has 0 aliphatic rings. The van der Waals surface area contributed by atoms with Crippen molar-refractivity contribution >= 4 is 17.3 Å². The number of aromatic nitrogens is 2. The van der Waals surface area contributed by atoms with Gasteiger partial charge in [-0.15, -0.1) is 0 Å². The van der Waals surface area contributed by atoms with Gasteiger partial charge < -0.3 is 20.5 Å². The van der Waals surface area contributed by atoms with Gasteiger partial charge in [0.05, 0.1) is 11.9 Å². The Morgan fingerprint density at radius 1 is 1.45 bits per heavy atom. The molecule has 0 unspecified atom stereocenters. The van der Waals surface area contributed by atoms with Crippen LogP contribution in [0.5, 0.6) is 0 Å². The van der Waals surface area contributed by atoms with E-state index in [1.54, 1.807) is 49.7 Å². The zero-order valence-electron chi connectivity index (χ0n) is 11.7. The van der Waals surface area contributed by atoms with E-state index in [0.717, 1.165) is 12.2 Å². The van der Waals surface area contributed by atoms with Crippen molar-refractivity contribution in [3.8, 4) is 0 Å². The Morgan fingerprint density at radius 2 is 2.25 bits per heavy atom. The van der Waals surface area contributed by atoms with Crippen LogP contribution in [0, 0.1) is 0 Å². The second kappa shape index (κ2) is 6.10. The summed E-state index contributed by atoms with van der Waals surface area (Å²) in [6, 6.07) is 5.26. The number of hydrogen-bond acceptors (Lipinski definition) is 4. The number of rotatable bonds is 5. The van der Waals surface area contributed by atoms with Crippen molar-refractivity contribution in [2.24, 2.45) is 0 Å². The van der Waals surface area contributed by atoms with Crippen LogP contribution in [0.4, 0.5) is 11.4 Å². The number of benzene rings is 1. The van der Waals surface area contributed by atoms with E-state index in [0.29, 0.717) is 17.8 Å². The van der Waals surface area contributed by atoms with Gasteiger partial charge in [-0.25, -0.2) is 4.98 Å². The number of nitrogens with one attached hydrogen (secondary N) is 1. The summed E-state index contributed by atoms with van der Waals surface area (Å²) >= 11 is 0. The molecule has 0 saturated carbocycles. The van der Waals surface area contributed by atoms with E-state index < -0.39 is 0 Å². The maximum Gasteiger partial charge on any atom is 0.255 e. The van der Waals surface area contributed by atoms with Crippen molar-refractivity contribution in [1.82, 2.24) is 14.5 Å². The lowest BCUT2D eigenvalue weighted by molar-refractivity contribution is 0.0828. The first-order chi connectivity index (χ1) is 9.58. The maximum atomic E-state index is 12.1. The summed E-state index contributed by atoms with van der Waals surface area (Å²) in [5.41, 5.74) is 7.79. The number of carbonyl (C=O) groups is 1. The van der Waals surface area contributed by atoms with Gasteiger partial charge in [-0.1, -0.05) is 0 Å². The van der Waals surface area contributed by atoms with Crippen LogP contribution in [0.2, 0.25) is 0 Å². The molecule has 0 aliphatic carbocycles. The van der Waals surface area contributed by atoms with Crippen LogP contribution in [0.3, 0.4) is 0 Å². The molecule has 0 fully saturated rings. The van der Waals surface area contributed by atoms with Crippen molar-refractivity contribution in [2.75, 3.05) is 31.7 Å². The van der Waals surface area contributed by atoms with Crippen molar-refractivity contribution in [1.29, 1.82) is 0 Å². The number of nitrogen functional groups attached to an aromatic ring is 1. The molecule has 2 aromatic rings. The third-order valence-corrected chi connectivity index (χ3v) is 2.92. The number of nitrogens with two attached hydrogens (primary N) is 1. The van der Waals surface area contributed by atoms with Gasteiger partial charge in [0.1, 0.15) is 0 Å². The first-order valence-corrected chi connectivity index (χ1v) is 6.38. The molecule has 0 bridgehead atoms. The zero-order chi connectivity index (χ0) is 14.5. The lowest BCUT2D eigenvalue weighted by atomic mass is 10.1. The minimum absolute atomic E-state index is 0.0462. The average molecular weight is 273 g/mol. The summed E-state index contributed by atoms with van der Waals surface area (Å²) in [5, 5.41) is 3.25. The summed E-state index contributed by atoms with van der Waals surface area (Å²) in [6.07, 6.45) is 5.39. The molecule has 0 spiro atoms. The molecule has 6 heteroatoms. The third-order valence-electron chi connectivity index (χ3n) is 2.92. The predicted molar refractivity (Wildman–Crippen MR) is 79.6 cm³/mol. The fraction of sp³-hybridized carbons (Fsp3) is 0.286. The van der Waals surface area contributed by atoms with Gasteiger partial charge in [-0.2, -0.15) is 0 Å². The largest absolute Gasteiger partial charge is 0.399 e. The Bertz CT molecular complexity index is 577. The highest BCUT2D eigenvalue weighted by atomic mass is 16.2. The normalized spacial score (nSPS) is 10.3. The van der Waals surface area contributed by atoms with Crippen molar-refractivity contribution in [3.05, 3.63) is 42.5 Å². The molecular weight excluding hydrogens is 254 g/mol. The lowest BCUT2D eigenvalue weighted by Crippen LogP contribution is -2.23. The van der Waals surface area contributed by atoms with E-state index >= 15 is 0 Å². The van der Waals surface area contributed by atoms with Crippen LogP contribution in [-0.4, -0.2) is 41.0 Å². The predicted octanol–water partition coefficient (Wildman–Crippen LogP) is 1.28. The summed E-state index contributed by atoms with van der Waals surface area (Å²) < 4.78 is 1.97. The zero-order valence-corrected chi connectivity index (χ0v) is 11.7. The van der Waals surface area contributed by atoms with Crippen LogP contribution in [-0.2, 0) is 6.54 Å². The van der Waals surface area contributed by atoms with E-state index in [1.165, 1.54) is 0 Å². The van der Waals surface area contributed by atoms with Crippen LogP contribution in [0.15, 0.2) is 36.9 Å². The molecule has 0 atom stereocenters. The molecule has 0 radical (unpaired) electrons. The average Bonchev–Trinajstić information content (AvgIpc) is 2.91. The van der Waals surface area contributed by atoms with Crippen molar-refractivity contribution in [3.63, 3.8) is 0 Å². The minimum atomic E-state index is -0.0462. The van der Waals surface area contributed by atoms with E-state index in [9.17, 15) is 4.79 Å². The Morgan fingerprint density at radius 3 is 2.90 bits per heavy atom. The molecule has 6 nitrogen and oxygen atoms in total. The number of imidazole rings is 1. The molecule has 0 saturated heterocycles. The molecule has 1 aromatic carbocycles. The first-order valence-electron chi connectivity index (χ1n) is 6.38. The Hall–Kier alpha value is -2.50. The summed E-state index contributed by atoms with van der Waals surface area (Å²) in [4.78, 5) is 17.6. The maximum absolute atomic E-state index is 12.1. The van der Waals surface area contributed by atoms with Gasteiger partial charge in [-0.3, -0.25) is 4.79 Å². The number of carbonyl (C=O) groups excluding carboxylic acids is 1. The molecule has 20 heavy (non-hydrogen) atoms. The van der Waals surface area contributed by atoms with E-state index in [2.05, 4.69) is 10.3 Å². The monoisotopic (exact) mass is 273 g/mol. The number of nitrogens with zero attached hydrogens (tertiary/aromatic N) is 3. The first kappa shape index (κ1) is 13.9.